The standard InChI is InChI=1S/C19H18F2N4OS/c1-12(13-3-7-15(20)8-4-13)22-17(26)11-27-19-24-23-18(25(19)2)14-5-9-16(21)10-6-14/h3-10,12H,11H2,1-2H3,(H,22,26). The Hall–Kier alpha value is -2.74. The van der Waals surface area contributed by atoms with Crippen LogP contribution in [-0.4, -0.2) is 26.4 Å². The van der Waals surface area contributed by atoms with E-state index in [1.165, 1.54) is 36.0 Å². The van der Waals surface area contributed by atoms with Crippen molar-refractivity contribution in [3.63, 3.8) is 0 Å². The number of hydrogen-bond acceptors (Lipinski definition) is 4. The van der Waals surface area contributed by atoms with Gasteiger partial charge in [-0.1, -0.05) is 23.9 Å². The first kappa shape index (κ1) is 19.0. The van der Waals surface area contributed by atoms with Crippen LogP contribution < -0.4 is 5.32 Å². The minimum atomic E-state index is -0.317. The largest absolute Gasteiger partial charge is 0.349 e. The van der Waals surface area contributed by atoms with Crippen molar-refractivity contribution in [2.75, 3.05) is 5.75 Å². The second-order valence-corrected chi connectivity index (χ2v) is 6.94. The van der Waals surface area contributed by atoms with Gasteiger partial charge in [0, 0.05) is 12.6 Å². The van der Waals surface area contributed by atoms with E-state index in [0.29, 0.717) is 11.0 Å². The Morgan fingerprint density at radius 2 is 1.67 bits per heavy atom. The Labute approximate surface area is 159 Å². The fraction of sp³-hybridized carbons (Fsp3) is 0.211. The van der Waals surface area contributed by atoms with Crippen LogP contribution in [0.1, 0.15) is 18.5 Å². The molecule has 1 atom stereocenters. The molecule has 1 N–H and O–H groups in total. The number of hydrogen-bond donors (Lipinski definition) is 1. The minimum Gasteiger partial charge on any atom is -0.349 e. The van der Waals surface area contributed by atoms with Crippen LogP contribution in [0, 0.1) is 11.6 Å². The van der Waals surface area contributed by atoms with E-state index in [9.17, 15) is 13.6 Å². The summed E-state index contributed by atoms with van der Waals surface area (Å²) in [6, 6.07) is 11.8. The summed E-state index contributed by atoms with van der Waals surface area (Å²) in [5.74, 6) is -0.0312. The van der Waals surface area contributed by atoms with Gasteiger partial charge in [0.25, 0.3) is 0 Å². The molecule has 0 aliphatic carbocycles. The number of nitrogens with one attached hydrogen (secondary N) is 1. The summed E-state index contributed by atoms with van der Waals surface area (Å²) < 4.78 is 27.8. The molecule has 8 heteroatoms. The molecule has 0 aliphatic rings. The van der Waals surface area contributed by atoms with Gasteiger partial charge in [-0.2, -0.15) is 0 Å². The fourth-order valence-electron chi connectivity index (χ4n) is 2.54. The number of halogens is 2. The molecule has 27 heavy (non-hydrogen) atoms. The number of carbonyl (C=O) groups excluding carboxylic acids is 1. The molecule has 3 rings (SSSR count). The molecule has 1 amide bonds. The van der Waals surface area contributed by atoms with Crippen molar-refractivity contribution < 1.29 is 13.6 Å². The van der Waals surface area contributed by atoms with Gasteiger partial charge in [0.05, 0.1) is 11.8 Å². The lowest BCUT2D eigenvalue weighted by atomic mass is 10.1. The van der Waals surface area contributed by atoms with Crippen LogP contribution in [0.4, 0.5) is 8.78 Å². The Balaban J connectivity index is 1.59. The molecule has 2 aromatic carbocycles. The minimum absolute atomic E-state index is 0.164. The Morgan fingerprint density at radius 1 is 1.07 bits per heavy atom. The van der Waals surface area contributed by atoms with Gasteiger partial charge in [-0.15, -0.1) is 10.2 Å². The highest BCUT2D eigenvalue weighted by Gasteiger charge is 2.14. The van der Waals surface area contributed by atoms with Crippen LogP contribution in [0.15, 0.2) is 53.7 Å². The predicted molar refractivity (Wildman–Crippen MR) is 100 cm³/mol. The Morgan fingerprint density at radius 3 is 2.30 bits per heavy atom. The zero-order chi connectivity index (χ0) is 19.4. The van der Waals surface area contributed by atoms with E-state index in [1.807, 2.05) is 6.92 Å². The third-order valence-electron chi connectivity index (χ3n) is 4.02. The topological polar surface area (TPSA) is 59.8 Å². The SMILES string of the molecule is CC(NC(=O)CSc1nnc(-c2ccc(F)cc2)n1C)c1ccc(F)cc1. The molecule has 1 aromatic heterocycles. The zero-order valence-electron chi connectivity index (χ0n) is 14.8. The van der Waals surface area contributed by atoms with Crippen molar-refractivity contribution in [1.29, 1.82) is 0 Å². The molecule has 0 saturated carbocycles. The van der Waals surface area contributed by atoms with Crippen LogP contribution in [0.2, 0.25) is 0 Å². The lowest BCUT2D eigenvalue weighted by Gasteiger charge is -2.14. The number of amides is 1. The third kappa shape index (κ3) is 4.71. The second kappa shape index (κ2) is 8.30. The maximum absolute atomic E-state index is 13.1. The van der Waals surface area contributed by atoms with Crippen LogP contribution in [-0.2, 0) is 11.8 Å². The maximum Gasteiger partial charge on any atom is 0.230 e. The molecule has 5 nitrogen and oxygen atoms in total. The van der Waals surface area contributed by atoms with Gasteiger partial charge in [-0.05, 0) is 48.9 Å². The van der Waals surface area contributed by atoms with Crippen molar-refractivity contribution in [2.45, 2.75) is 18.1 Å². The number of rotatable bonds is 6. The van der Waals surface area contributed by atoms with Gasteiger partial charge in [0.2, 0.25) is 5.91 Å². The monoisotopic (exact) mass is 388 g/mol. The van der Waals surface area contributed by atoms with E-state index in [0.717, 1.165) is 11.1 Å². The van der Waals surface area contributed by atoms with E-state index in [-0.39, 0.29) is 29.3 Å². The molecule has 0 aliphatic heterocycles. The summed E-state index contributed by atoms with van der Waals surface area (Å²) in [4.78, 5) is 12.2. The lowest BCUT2D eigenvalue weighted by Crippen LogP contribution is -2.28. The Bertz CT molecular complexity index is 926. The molecule has 0 bridgehead atoms. The highest BCUT2D eigenvalue weighted by molar-refractivity contribution is 7.99. The van der Waals surface area contributed by atoms with Crippen molar-refractivity contribution in [3.05, 3.63) is 65.7 Å². The van der Waals surface area contributed by atoms with Gasteiger partial charge >= 0.3 is 0 Å². The molecule has 0 spiro atoms. The van der Waals surface area contributed by atoms with Gasteiger partial charge < -0.3 is 9.88 Å². The molecule has 3 aromatic rings. The number of nitrogens with zero attached hydrogens (tertiary/aromatic N) is 3. The second-order valence-electron chi connectivity index (χ2n) is 6.00. The van der Waals surface area contributed by atoms with Crippen LogP contribution in [0.3, 0.4) is 0 Å². The number of carbonyl (C=O) groups is 1. The first-order valence-electron chi connectivity index (χ1n) is 8.27. The highest BCUT2D eigenvalue weighted by atomic mass is 32.2. The zero-order valence-corrected chi connectivity index (χ0v) is 15.6. The van der Waals surface area contributed by atoms with E-state index in [2.05, 4.69) is 15.5 Å². The van der Waals surface area contributed by atoms with E-state index < -0.39 is 0 Å². The summed E-state index contributed by atoms with van der Waals surface area (Å²) in [6.07, 6.45) is 0. The molecular weight excluding hydrogens is 370 g/mol. The Kier molecular flexibility index (Phi) is 5.85. The van der Waals surface area contributed by atoms with Gasteiger partial charge in [0.15, 0.2) is 11.0 Å². The van der Waals surface area contributed by atoms with Crippen molar-refractivity contribution in [3.8, 4) is 11.4 Å². The first-order chi connectivity index (χ1) is 12.9. The van der Waals surface area contributed by atoms with Crippen LogP contribution in [0.5, 0.6) is 0 Å². The van der Waals surface area contributed by atoms with Gasteiger partial charge in [-0.25, -0.2) is 8.78 Å². The number of thioether (sulfide) groups is 1. The molecule has 1 unspecified atom stereocenters. The highest BCUT2D eigenvalue weighted by Crippen LogP contribution is 2.23. The summed E-state index contributed by atoms with van der Waals surface area (Å²) in [5, 5.41) is 11.7. The molecule has 0 fully saturated rings. The normalized spacial score (nSPS) is 12.0. The summed E-state index contributed by atoms with van der Waals surface area (Å²) >= 11 is 1.26. The maximum atomic E-state index is 13.1. The predicted octanol–water partition coefficient (Wildman–Crippen LogP) is 3.73. The summed E-state index contributed by atoms with van der Waals surface area (Å²) in [7, 11) is 1.79. The van der Waals surface area contributed by atoms with E-state index >= 15 is 0 Å². The van der Waals surface area contributed by atoms with Crippen LogP contribution in [0.25, 0.3) is 11.4 Å². The van der Waals surface area contributed by atoms with Crippen molar-refractivity contribution in [2.24, 2.45) is 7.05 Å². The molecule has 140 valence electrons. The average molecular weight is 388 g/mol. The van der Waals surface area contributed by atoms with Gasteiger partial charge in [0.1, 0.15) is 11.6 Å². The third-order valence-corrected chi connectivity index (χ3v) is 5.04. The molecular formula is C19H18F2N4OS. The number of aromatic nitrogens is 3. The lowest BCUT2D eigenvalue weighted by molar-refractivity contribution is -0.119. The van der Waals surface area contributed by atoms with Crippen molar-refractivity contribution >= 4 is 17.7 Å². The summed E-state index contributed by atoms with van der Waals surface area (Å²) in [6.45, 7) is 1.84. The van der Waals surface area contributed by atoms with E-state index in [4.69, 9.17) is 0 Å². The van der Waals surface area contributed by atoms with Crippen molar-refractivity contribution in [1.82, 2.24) is 20.1 Å². The first-order valence-corrected chi connectivity index (χ1v) is 9.25. The van der Waals surface area contributed by atoms with E-state index in [1.54, 1.807) is 35.9 Å². The fourth-order valence-corrected chi connectivity index (χ4v) is 3.26. The average Bonchev–Trinajstić information content (AvgIpc) is 3.02. The summed E-state index contributed by atoms with van der Waals surface area (Å²) in [5.41, 5.74) is 1.57. The number of benzene rings is 2. The smallest absolute Gasteiger partial charge is 0.230 e. The molecule has 0 saturated heterocycles. The molecule has 0 radical (unpaired) electrons. The quantitative estimate of drug-likeness (QED) is 0.654. The van der Waals surface area contributed by atoms with Crippen LogP contribution >= 0.6 is 11.8 Å². The van der Waals surface area contributed by atoms with Gasteiger partial charge in [-0.3, -0.25) is 4.79 Å². The molecule has 1 heterocycles.